The SMILES string of the molecule is COc1cnn2cc(-c3nn4c(c3C)CCN(C(=O)OC(C)(C)C)CC4)cc(OC(CO[Si](C)(C)C(C)(C)C)c3ccc(F)cn3)c12. The maximum absolute atomic E-state index is 13.9. The molecule has 0 N–H and O–H groups in total. The predicted octanol–water partition coefficient (Wildman–Crippen LogP) is 6.98. The van der Waals surface area contributed by atoms with Crippen LogP contribution in [-0.4, -0.2) is 76.1 Å². The molecule has 0 bridgehead atoms. The summed E-state index contributed by atoms with van der Waals surface area (Å²) in [6, 6.07) is 4.94. The van der Waals surface area contributed by atoms with E-state index in [1.54, 1.807) is 28.8 Å². The van der Waals surface area contributed by atoms with Crippen molar-refractivity contribution < 1.29 is 27.8 Å². The van der Waals surface area contributed by atoms with Crippen LogP contribution in [0.1, 0.15) is 64.6 Å². The monoisotopic (exact) mass is 666 g/mol. The molecule has 47 heavy (non-hydrogen) atoms. The fourth-order valence-corrected chi connectivity index (χ4v) is 6.28. The highest BCUT2D eigenvalue weighted by atomic mass is 28.4. The van der Waals surface area contributed by atoms with Crippen LogP contribution in [0.3, 0.4) is 0 Å². The molecular formula is C34H47FN6O5Si. The molecule has 1 unspecified atom stereocenters. The lowest BCUT2D eigenvalue weighted by molar-refractivity contribution is 0.0253. The molecular weight excluding hydrogens is 619 g/mol. The number of ether oxygens (including phenoxy) is 3. The number of fused-ring (bicyclic) bond motifs is 2. The third-order valence-electron chi connectivity index (χ3n) is 8.96. The second-order valence-electron chi connectivity index (χ2n) is 14.5. The van der Waals surface area contributed by atoms with Gasteiger partial charge in [0.05, 0.1) is 44.0 Å². The summed E-state index contributed by atoms with van der Waals surface area (Å²) < 4.78 is 42.2. The lowest BCUT2D eigenvalue weighted by atomic mass is 10.1. The maximum atomic E-state index is 13.9. The lowest BCUT2D eigenvalue weighted by Gasteiger charge is -2.37. The van der Waals surface area contributed by atoms with Gasteiger partial charge < -0.3 is 23.5 Å². The Bertz CT molecular complexity index is 1740. The van der Waals surface area contributed by atoms with Gasteiger partial charge in [0.15, 0.2) is 31.4 Å². The van der Waals surface area contributed by atoms with Crippen LogP contribution in [0.2, 0.25) is 18.1 Å². The Hall–Kier alpha value is -3.97. The molecule has 0 saturated heterocycles. The minimum atomic E-state index is -2.16. The summed E-state index contributed by atoms with van der Waals surface area (Å²) in [6.07, 6.45) is 4.43. The van der Waals surface area contributed by atoms with E-state index in [-0.39, 0.29) is 17.7 Å². The molecule has 0 fully saturated rings. The average Bonchev–Trinajstić information content (AvgIpc) is 3.46. The van der Waals surface area contributed by atoms with Gasteiger partial charge in [-0.3, -0.25) is 9.67 Å². The van der Waals surface area contributed by atoms with Crippen molar-refractivity contribution in [2.75, 3.05) is 26.8 Å². The molecule has 11 nitrogen and oxygen atoms in total. The van der Waals surface area contributed by atoms with Gasteiger partial charge >= 0.3 is 6.09 Å². The Morgan fingerprint density at radius 3 is 2.45 bits per heavy atom. The maximum Gasteiger partial charge on any atom is 0.410 e. The number of carbonyl (C=O) groups excluding carboxylic acids is 1. The van der Waals surface area contributed by atoms with Crippen LogP contribution in [0.15, 0.2) is 36.8 Å². The molecule has 254 valence electrons. The number of amides is 1. The number of hydrogen-bond donors (Lipinski definition) is 0. The molecule has 1 aliphatic rings. The number of pyridine rings is 2. The van der Waals surface area contributed by atoms with Crippen molar-refractivity contribution in [3.05, 3.63) is 59.6 Å². The summed E-state index contributed by atoms with van der Waals surface area (Å²) in [5.41, 5.74) is 4.29. The molecule has 5 heterocycles. The third kappa shape index (κ3) is 7.46. The number of hydrogen-bond acceptors (Lipinski definition) is 8. The first-order valence-electron chi connectivity index (χ1n) is 16.0. The van der Waals surface area contributed by atoms with Gasteiger partial charge in [-0.2, -0.15) is 10.2 Å². The first-order valence-corrected chi connectivity index (χ1v) is 18.9. The summed E-state index contributed by atoms with van der Waals surface area (Å²) in [5.74, 6) is 0.622. The van der Waals surface area contributed by atoms with Crippen molar-refractivity contribution in [1.82, 2.24) is 29.3 Å². The number of methoxy groups -OCH3 is 1. The standard InChI is InChI=1S/C34H47FN6O5Si/c1-22-26-13-14-39(32(42)46-33(2,3)4)15-16-40(26)38-30(22)23-17-27(31-28(43-8)19-37-41(31)20-23)45-29(25-12-11-24(35)18-36-25)21-44-47(9,10)34(5,6)7/h11-12,17-20,29H,13-16,21H2,1-10H3. The lowest BCUT2D eigenvalue weighted by Crippen LogP contribution is -2.42. The molecule has 0 aliphatic carbocycles. The van der Waals surface area contributed by atoms with E-state index >= 15 is 0 Å². The van der Waals surface area contributed by atoms with E-state index in [4.69, 9.17) is 23.7 Å². The van der Waals surface area contributed by atoms with Crippen LogP contribution >= 0.6 is 0 Å². The molecule has 0 saturated carbocycles. The Morgan fingerprint density at radius 1 is 1.06 bits per heavy atom. The minimum absolute atomic E-state index is 0.0177. The van der Waals surface area contributed by atoms with Crippen LogP contribution in [0.4, 0.5) is 9.18 Å². The molecule has 1 aliphatic heterocycles. The summed E-state index contributed by atoms with van der Waals surface area (Å²) in [6.45, 7) is 20.3. The number of nitrogens with zero attached hydrogens (tertiary/aromatic N) is 6. The second kappa shape index (κ2) is 12.9. The van der Waals surface area contributed by atoms with Crippen LogP contribution in [0.5, 0.6) is 11.5 Å². The van der Waals surface area contributed by atoms with Crippen LogP contribution < -0.4 is 9.47 Å². The summed E-state index contributed by atoms with van der Waals surface area (Å²) in [4.78, 5) is 18.9. The highest BCUT2D eigenvalue weighted by molar-refractivity contribution is 6.74. The van der Waals surface area contributed by atoms with Gasteiger partial charge in [0.2, 0.25) is 0 Å². The summed E-state index contributed by atoms with van der Waals surface area (Å²) >= 11 is 0. The first kappa shape index (κ1) is 34.4. The zero-order valence-electron chi connectivity index (χ0n) is 29.2. The number of aromatic nitrogens is 5. The molecule has 1 atom stereocenters. The molecule has 0 aromatic carbocycles. The Balaban J connectivity index is 1.50. The van der Waals surface area contributed by atoms with Crippen molar-refractivity contribution in [2.45, 2.75) is 91.3 Å². The Labute approximate surface area is 277 Å². The van der Waals surface area contributed by atoms with Gasteiger partial charge in [-0.05, 0) is 69.6 Å². The second-order valence-corrected chi connectivity index (χ2v) is 19.3. The fraction of sp³-hybridized carbons (Fsp3) is 0.529. The highest BCUT2D eigenvalue weighted by Gasteiger charge is 2.38. The molecule has 4 aromatic rings. The van der Waals surface area contributed by atoms with Gasteiger partial charge in [0.25, 0.3) is 0 Å². The van der Waals surface area contributed by atoms with Crippen molar-refractivity contribution in [1.29, 1.82) is 0 Å². The smallest absolute Gasteiger partial charge is 0.410 e. The van der Waals surface area contributed by atoms with E-state index in [0.29, 0.717) is 48.8 Å². The van der Waals surface area contributed by atoms with E-state index in [9.17, 15) is 9.18 Å². The van der Waals surface area contributed by atoms with Gasteiger partial charge in [-0.15, -0.1) is 0 Å². The topological polar surface area (TPSA) is 105 Å². The van der Waals surface area contributed by atoms with Crippen molar-refractivity contribution in [3.63, 3.8) is 0 Å². The van der Waals surface area contributed by atoms with Crippen LogP contribution in [0, 0.1) is 12.7 Å². The predicted molar refractivity (Wildman–Crippen MR) is 180 cm³/mol. The van der Waals surface area contributed by atoms with Crippen molar-refractivity contribution in [3.8, 4) is 22.8 Å². The molecule has 1 amide bonds. The minimum Gasteiger partial charge on any atom is -0.493 e. The molecule has 5 rings (SSSR count). The number of rotatable bonds is 8. The van der Waals surface area contributed by atoms with E-state index in [2.05, 4.69) is 43.9 Å². The van der Waals surface area contributed by atoms with Gasteiger partial charge in [-0.25, -0.2) is 13.7 Å². The van der Waals surface area contributed by atoms with Crippen LogP contribution in [0.25, 0.3) is 16.8 Å². The molecule has 0 spiro atoms. The average molecular weight is 667 g/mol. The van der Waals surface area contributed by atoms with Gasteiger partial charge in [0.1, 0.15) is 11.4 Å². The number of halogens is 1. The van der Waals surface area contributed by atoms with Gasteiger partial charge in [0, 0.05) is 37.0 Å². The normalized spacial score (nSPS) is 14.9. The van der Waals surface area contributed by atoms with E-state index in [1.165, 1.54) is 12.3 Å². The molecule has 4 aromatic heterocycles. The quantitative estimate of drug-likeness (QED) is 0.186. The summed E-state index contributed by atoms with van der Waals surface area (Å²) in [7, 11) is -0.573. The first-order chi connectivity index (χ1) is 22.0. The van der Waals surface area contributed by atoms with E-state index in [1.807, 2.05) is 44.6 Å². The summed E-state index contributed by atoms with van der Waals surface area (Å²) in [5, 5.41) is 9.55. The fourth-order valence-electron chi connectivity index (χ4n) is 5.28. The Kier molecular flexibility index (Phi) is 9.44. The Morgan fingerprint density at radius 2 is 1.81 bits per heavy atom. The van der Waals surface area contributed by atoms with Crippen molar-refractivity contribution >= 4 is 19.9 Å². The number of carbonyl (C=O) groups is 1. The third-order valence-corrected chi connectivity index (χ3v) is 13.5. The van der Waals surface area contributed by atoms with Gasteiger partial charge in [-0.1, -0.05) is 20.8 Å². The highest BCUT2D eigenvalue weighted by Crippen LogP contribution is 2.40. The zero-order chi connectivity index (χ0) is 34.3. The van der Waals surface area contributed by atoms with Crippen molar-refractivity contribution in [2.24, 2.45) is 0 Å². The molecule has 0 radical (unpaired) electrons. The molecule has 13 heteroatoms. The van der Waals surface area contributed by atoms with E-state index < -0.39 is 25.8 Å². The zero-order valence-corrected chi connectivity index (χ0v) is 30.2. The van der Waals surface area contributed by atoms with Crippen LogP contribution in [-0.2, 0) is 22.1 Å². The largest absolute Gasteiger partial charge is 0.493 e. The van der Waals surface area contributed by atoms with E-state index in [0.717, 1.165) is 22.5 Å².